The van der Waals surface area contributed by atoms with E-state index < -0.39 is 5.97 Å². The Bertz CT molecular complexity index is 1300. The summed E-state index contributed by atoms with van der Waals surface area (Å²) in [7, 11) is 7.60. The molecule has 11 heteroatoms. The van der Waals surface area contributed by atoms with Crippen molar-refractivity contribution in [1.29, 1.82) is 0 Å². The maximum atomic E-state index is 13.2. The Morgan fingerprint density at radius 2 is 1.59 bits per heavy atom. The van der Waals surface area contributed by atoms with E-state index in [2.05, 4.69) is 15.5 Å². The quantitative estimate of drug-likeness (QED) is 0.371. The fraction of sp³-hybridized carbons (Fsp3) is 0.393. The maximum Gasteiger partial charge on any atom is 0.343 e. The number of methoxy groups -OCH3 is 5. The number of rotatable bonds is 10. The molecule has 2 N–H and O–H groups in total. The molecule has 4 rings (SSSR count). The van der Waals surface area contributed by atoms with Crippen molar-refractivity contribution in [3.8, 4) is 34.3 Å². The molecular weight excluding hydrogens is 502 g/mol. The van der Waals surface area contributed by atoms with Gasteiger partial charge in [0, 0.05) is 38.3 Å². The van der Waals surface area contributed by atoms with Gasteiger partial charge in [0.1, 0.15) is 17.1 Å². The van der Waals surface area contributed by atoms with Gasteiger partial charge in [-0.05, 0) is 36.2 Å². The van der Waals surface area contributed by atoms with E-state index in [1.54, 1.807) is 19.2 Å². The molecule has 1 aromatic heterocycles. The molecule has 0 radical (unpaired) electrons. The highest BCUT2D eigenvalue weighted by molar-refractivity contribution is 6.01. The Hall–Kier alpha value is -4.25. The summed E-state index contributed by atoms with van der Waals surface area (Å²) in [5, 5.41) is 6.70. The van der Waals surface area contributed by atoms with E-state index in [0.717, 1.165) is 43.1 Å². The van der Waals surface area contributed by atoms with Crippen LogP contribution in [-0.4, -0.2) is 77.7 Å². The molecule has 0 spiro atoms. The van der Waals surface area contributed by atoms with Crippen molar-refractivity contribution >= 4 is 17.7 Å². The molecule has 0 saturated carbocycles. The molecule has 208 valence electrons. The minimum Gasteiger partial charge on any atom is -0.496 e. The molecule has 39 heavy (non-hydrogen) atoms. The standard InChI is InChI=1S/C28H35N5O6/c1-17-13-18(7-8-20(17)35-2)16-30-26-23(27(34)39-6)24(31-28(32-26)33-11-9-29-10-12-33)19-14-21(36-3)25(38-5)22(15-19)37-4/h7-8,13-15,29H,9-12,16H2,1-6H3,(H,30,31,32). The number of nitrogens with zero attached hydrogens (tertiary/aromatic N) is 3. The van der Waals surface area contributed by atoms with E-state index >= 15 is 0 Å². The van der Waals surface area contributed by atoms with Crippen LogP contribution in [0.3, 0.4) is 0 Å². The molecule has 11 nitrogen and oxygen atoms in total. The average Bonchev–Trinajstić information content (AvgIpc) is 2.98. The van der Waals surface area contributed by atoms with Gasteiger partial charge < -0.3 is 39.2 Å². The van der Waals surface area contributed by atoms with Crippen LogP contribution in [0.4, 0.5) is 11.8 Å². The second-order valence-electron chi connectivity index (χ2n) is 8.90. The lowest BCUT2D eigenvalue weighted by Crippen LogP contribution is -2.44. The molecule has 1 aliphatic rings. The minimum absolute atomic E-state index is 0.205. The second kappa shape index (κ2) is 12.5. The summed E-state index contributed by atoms with van der Waals surface area (Å²) in [6.45, 7) is 5.46. The molecule has 1 saturated heterocycles. The van der Waals surface area contributed by atoms with Crippen LogP contribution in [0.1, 0.15) is 21.5 Å². The molecule has 1 fully saturated rings. The molecule has 0 unspecified atom stereocenters. The normalized spacial score (nSPS) is 13.0. The molecule has 0 bridgehead atoms. The number of anilines is 2. The predicted octanol–water partition coefficient (Wildman–Crippen LogP) is 3.29. The monoisotopic (exact) mass is 537 g/mol. The first-order valence-electron chi connectivity index (χ1n) is 12.6. The first-order chi connectivity index (χ1) is 18.9. The lowest BCUT2D eigenvalue weighted by Gasteiger charge is -2.28. The van der Waals surface area contributed by atoms with Crippen molar-refractivity contribution in [2.45, 2.75) is 13.5 Å². The number of aryl methyl sites for hydroxylation is 1. The summed E-state index contributed by atoms with van der Waals surface area (Å²) in [5.41, 5.74) is 3.19. The Morgan fingerprint density at radius 3 is 2.15 bits per heavy atom. The number of hydrogen-bond acceptors (Lipinski definition) is 11. The van der Waals surface area contributed by atoms with Crippen LogP contribution in [0.2, 0.25) is 0 Å². The van der Waals surface area contributed by atoms with Crippen LogP contribution in [0.5, 0.6) is 23.0 Å². The van der Waals surface area contributed by atoms with E-state index in [9.17, 15) is 4.79 Å². The summed E-state index contributed by atoms with van der Waals surface area (Å²) in [5.74, 6) is 2.42. The molecule has 0 atom stereocenters. The first kappa shape index (κ1) is 27.8. The maximum absolute atomic E-state index is 13.2. The Kier molecular flexibility index (Phi) is 8.92. The number of ether oxygens (including phenoxy) is 5. The largest absolute Gasteiger partial charge is 0.496 e. The Balaban J connectivity index is 1.87. The molecule has 2 aromatic carbocycles. The fourth-order valence-corrected chi connectivity index (χ4v) is 4.54. The Morgan fingerprint density at radius 1 is 0.923 bits per heavy atom. The van der Waals surface area contributed by atoms with Gasteiger partial charge in [-0.2, -0.15) is 4.98 Å². The van der Waals surface area contributed by atoms with E-state index in [0.29, 0.717) is 46.8 Å². The third kappa shape index (κ3) is 5.93. The van der Waals surface area contributed by atoms with E-state index in [1.807, 2.05) is 25.1 Å². The van der Waals surface area contributed by atoms with Crippen molar-refractivity contribution < 1.29 is 28.5 Å². The van der Waals surface area contributed by atoms with Gasteiger partial charge in [0.05, 0.1) is 41.2 Å². The molecule has 1 aliphatic heterocycles. The first-order valence-corrected chi connectivity index (χ1v) is 12.6. The van der Waals surface area contributed by atoms with Gasteiger partial charge in [0.25, 0.3) is 0 Å². The van der Waals surface area contributed by atoms with Gasteiger partial charge in [-0.15, -0.1) is 0 Å². The van der Waals surface area contributed by atoms with Gasteiger partial charge >= 0.3 is 5.97 Å². The van der Waals surface area contributed by atoms with Crippen LogP contribution in [-0.2, 0) is 11.3 Å². The summed E-state index contributed by atoms with van der Waals surface area (Å²) in [6.07, 6.45) is 0. The van der Waals surface area contributed by atoms with Gasteiger partial charge in [0.2, 0.25) is 11.7 Å². The highest BCUT2D eigenvalue weighted by Crippen LogP contribution is 2.42. The zero-order valence-electron chi connectivity index (χ0n) is 23.2. The van der Waals surface area contributed by atoms with Crippen LogP contribution in [0.25, 0.3) is 11.3 Å². The second-order valence-corrected chi connectivity index (χ2v) is 8.90. The van der Waals surface area contributed by atoms with Crippen LogP contribution in [0.15, 0.2) is 30.3 Å². The SMILES string of the molecule is COC(=O)c1c(NCc2ccc(OC)c(C)c2)nc(N2CCNCC2)nc1-c1cc(OC)c(OC)c(OC)c1. The third-order valence-corrected chi connectivity index (χ3v) is 6.54. The summed E-state index contributed by atoms with van der Waals surface area (Å²) >= 11 is 0. The van der Waals surface area contributed by atoms with Crippen LogP contribution < -0.4 is 34.5 Å². The zero-order valence-corrected chi connectivity index (χ0v) is 23.2. The van der Waals surface area contributed by atoms with Gasteiger partial charge in [-0.25, -0.2) is 9.78 Å². The molecule has 2 heterocycles. The van der Waals surface area contributed by atoms with Crippen molar-refractivity contribution in [3.63, 3.8) is 0 Å². The highest BCUT2D eigenvalue weighted by atomic mass is 16.5. The van der Waals surface area contributed by atoms with Crippen LogP contribution >= 0.6 is 0 Å². The predicted molar refractivity (Wildman–Crippen MR) is 149 cm³/mol. The number of piperazine rings is 1. The fourth-order valence-electron chi connectivity index (χ4n) is 4.54. The van der Waals surface area contributed by atoms with Gasteiger partial charge in [-0.3, -0.25) is 0 Å². The number of esters is 1. The molecule has 0 aliphatic carbocycles. The number of carbonyl (C=O) groups is 1. The number of benzene rings is 2. The number of nitrogens with one attached hydrogen (secondary N) is 2. The lowest BCUT2D eigenvalue weighted by atomic mass is 10.0. The Labute approximate surface area is 228 Å². The minimum atomic E-state index is -0.570. The van der Waals surface area contributed by atoms with E-state index in [-0.39, 0.29) is 5.56 Å². The van der Waals surface area contributed by atoms with Crippen molar-refractivity contribution in [3.05, 3.63) is 47.0 Å². The third-order valence-electron chi connectivity index (χ3n) is 6.54. The topological polar surface area (TPSA) is 116 Å². The van der Waals surface area contributed by atoms with Crippen molar-refractivity contribution in [2.24, 2.45) is 0 Å². The zero-order chi connectivity index (χ0) is 27.9. The summed E-state index contributed by atoms with van der Waals surface area (Å²) in [6, 6.07) is 9.43. The summed E-state index contributed by atoms with van der Waals surface area (Å²) < 4.78 is 27.2. The lowest BCUT2D eigenvalue weighted by molar-refractivity contribution is 0.0602. The number of aromatic nitrogens is 2. The van der Waals surface area contributed by atoms with E-state index in [1.165, 1.54) is 28.4 Å². The van der Waals surface area contributed by atoms with Gasteiger partial charge in [0.15, 0.2) is 11.5 Å². The van der Waals surface area contributed by atoms with Crippen molar-refractivity contribution in [2.75, 3.05) is 71.9 Å². The van der Waals surface area contributed by atoms with Gasteiger partial charge in [-0.1, -0.05) is 12.1 Å². The van der Waals surface area contributed by atoms with E-state index in [4.69, 9.17) is 33.7 Å². The number of hydrogen-bond donors (Lipinski definition) is 2. The van der Waals surface area contributed by atoms with Crippen molar-refractivity contribution in [1.82, 2.24) is 15.3 Å². The molecule has 0 amide bonds. The highest BCUT2D eigenvalue weighted by Gasteiger charge is 2.27. The number of carbonyl (C=O) groups excluding carboxylic acids is 1. The average molecular weight is 538 g/mol. The summed E-state index contributed by atoms with van der Waals surface area (Å²) in [4.78, 5) is 25.0. The molecular formula is C28H35N5O6. The van der Waals surface area contributed by atoms with Crippen LogP contribution in [0, 0.1) is 6.92 Å². The smallest absolute Gasteiger partial charge is 0.343 e. The molecule has 3 aromatic rings.